The molecule has 4 rings (SSSR count). The van der Waals surface area contributed by atoms with Crippen LogP contribution in [0.1, 0.15) is 62.7 Å². The molecular weight excluding hydrogens is 368 g/mol. The fourth-order valence-electron chi connectivity index (χ4n) is 5.28. The van der Waals surface area contributed by atoms with Gasteiger partial charge in [0.05, 0.1) is 0 Å². The molecule has 0 radical (unpaired) electrons. The van der Waals surface area contributed by atoms with Crippen LogP contribution < -0.4 is 0 Å². The van der Waals surface area contributed by atoms with Gasteiger partial charge in [0, 0.05) is 43.1 Å². The summed E-state index contributed by atoms with van der Waals surface area (Å²) in [5, 5.41) is 2.02. The summed E-state index contributed by atoms with van der Waals surface area (Å²) in [4.78, 5) is 30.5. The Bertz CT molecular complexity index is 693. The zero-order valence-corrected chi connectivity index (χ0v) is 17.5. The van der Waals surface area contributed by atoms with Crippen LogP contribution in [0.15, 0.2) is 23.6 Å². The van der Waals surface area contributed by atoms with Gasteiger partial charge in [-0.1, -0.05) is 38.2 Å². The van der Waals surface area contributed by atoms with Crippen LogP contribution in [0.4, 0.5) is 0 Å². The molecule has 5 heteroatoms. The molecule has 0 aromatic carbocycles. The number of likely N-dealkylation sites (tertiary alicyclic amines) is 2. The third-order valence-corrected chi connectivity index (χ3v) is 7.73. The van der Waals surface area contributed by atoms with Gasteiger partial charge in [0.15, 0.2) is 0 Å². The zero-order chi connectivity index (χ0) is 19.3. The highest BCUT2D eigenvalue weighted by molar-refractivity contribution is 7.10. The third-order valence-electron chi connectivity index (χ3n) is 6.89. The van der Waals surface area contributed by atoms with E-state index in [1.807, 2.05) is 28.5 Å². The molecule has 28 heavy (non-hydrogen) atoms. The van der Waals surface area contributed by atoms with Crippen molar-refractivity contribution in [2.45, 2.75) is 63.8 Å². The minimum atomic E-state index is 0.109. The molecular formula is C23H32N2O2S. The van der Waals surface area contributed by atoms with Crippen molar-refractivity contribution in [3.8, 4) is 0 Å². The highest BCUT2D eigenvalue weighted by Gasteiger charge is 2.40. The Morgan fingerprint density at radius 2 is 2.04 bits per heavy atom. The van der Waals surface area contributed by atoms with E-state index in [1.54, 1.807) is 17.4 Å². The molecule has 3 heterocycles. The maximum Gasteiger partial charge on any atom is 0.246 e. The monoisotopic (exact) mass is 400 g/mol. The Hall–Kier alpha value is -1.62. The smallest absolute Gasteiger partial charge is 0.246 e. The van der Waals surface area contributed by atoms with E-state index in [0.29, 0.717) is 24.3 Å². The molecule has 152 valence electrons. The third kappa shape index (κ3) is 4.68. The summed E-state index contributed by atoms with van der Waals surface area (Å²) in [6.07, 6.45) is 14.1. The number of fused-ring (bicyclic) bond motifs is 1. The Labute approximate surface area is 172 Å². The second-order valence-electron chi connectivity index (χ2n) is 8.67. The Morgan fingerprint density at radius 1 is 1.18 bits per heavy atom. The second-order valence-corrected chi connectivity index (χ2v) is 9.65. The van der Waals surface area contributed by atoms with Crippen molar-refractivity contribution >= 4 is 29.2 Å². The quantitative estimate of drug-likeness (QED) is 0.679. The van der Waals surface area contributed by atoms with Crippen molar-refractivity contribution in [2.75, 3.05) is 19.6 Å². The molecule has 1 aromatic rings. The number of hydrogen-bond donors (Lipinski definition) is 0. The maximum absolute atomic E-state index is 12.6. The van der Waals surface area contributed by atoms with E-state index >= 15 is 0 Å². The summed E-state index contributed by atoms with van der Waals surface area (Å²) in [7, 11) is 0. The molecule has 4 nitrogen and oxygen atoms in total. The summed E-state index contributed by atoms with van der Waals surface area (Å²) < 4.78 is 0. The fourth-order valence-corrected chi connectivity index (χ4v) is 5.90. The molecule has 1 saturated carbocycles. The fraction of sp³-hybridized carbons (Fsp3) is 0.652. The number of rotatable bonds is 5. The molecule has 2 amide bonds. The summed E-state index contributed by atoms with van der Waals surface area (Å²) in [6, 6.07) is 4.37. The van der Waals surface area contributed by atoms with Crippen molar-refractivity contribution in [3.05, 3.63) is 28.5 Å². The Kier molecular flexibility index (Phi) is 6.50. The minimum absolute atomic E-state index is 0.109. The van der Waals surface area contributed by atoms with E-state index < -0.39 is 0 Å². The summed E-state index contributed by atoms with van der Waals surface area (Å²) in [5.74, 6) is 1.70. The van der Waals surface area contributed by atoms with Gasteiger partial charge in [0.1, 0.15) is 0 Å². The average Bonchev–Trinajstić information content (AvgIpc) is 3.25. The van der Waals surface area contributed by atoms with Crippen molar-refractivity contribution in [1.29, 1.82) is 0 Å². The Morgan fingerprint density at radius 3 is 2.82 bits per heavy atom. The van der Waals surface area contributed by atoms with Gasteiger partial charge in [0.25, 0.3) is 0 Å². The van der Waals surface area contributed by atoms with Crippen molar-refractivity contribution in [3.63, 3.8) is 0 Å². The normalized spacial score (nSPS) is 26.6. The van der Waals surface area contributed by atoms with Crippen molar-refractivity contribution in [2.24, 2.45) is 11.8 Å². The van der Waals surface area contributed by atoms with Crippen LogP contribution in [0, 0.1) is 11.8 Å². The summed E-state index contributed by atoms with van der Waals surface area (Å²) >= 11 is 1.65. The lowest BCUT2D eigenvalue weighted by molar-refractivity contribution is -0.143. The van der Waals surface area contributed by atoms with Crippen LogP contribution in [0.25, 0.3) is 6.08 Å². The zero-order valence-electron chi connectivity index (χ0n) is 16.7. The van der Waals surface area contributed by atoms with Gasteiger partial charge in [-0.05, 0) is 48.6 Å². The molecule has 3 aliphatic rings. The molecule has 3 fully saturated rings. The number of nitrogens with zero attached hydrogens (tertiary/aromatic N) is 2. The second kappa shape index (κ2) is 9.25. The first-order valence-corrected chi connectivity index (χ1v) is 11.9. The van der Waals surface area contributed by atoms with E-state index in [-0.39, 0.29) is 5.91 Å². The molecule has 2 saturated heterocycles. The predicted molar refractivity (Wildman–Crippen MR) is 114 cm³/mol. The lowest BCUT2D eigenvalue weighted by Crippen LogP contribution is -2.57. The van der Waals surface area contributed by atoms with Crippen LogP contribution in [0.3, 0.4) is 0 Å². The summed E-state index contributed by atoms with van der Waals surface area (Å²) in [6.45, 7) is 2.49. The van der Waals surface area contributed by atoms with Crippen LogP contribution in [-0.2, 0) is 9.59 Å². The van der Waals surface area contributed by atoms with Crippen LogP contribution in [0.2, 0.25) is 0 Å². The number of piperidine rings is 2. The predicted octanol–water partition coefficient (Wildman–Crippen LogP) is 4.57. The number of hydrogen-bond acceptors (Lipinski definition) is 3. The van der Waals surface area contributed by atoms with Crippen molar-refractivity contribution in [1.82, 2.24) is 9.80 Å². The van der Waals surface area contributed by atoms with E-state index in [0.717, 1.165) is 43.3 Å². The Balaban J connectivity index is 1.32. The lowest BCUT2D eigenvalue weighted by Gasteiger charge is -2.47. The largest absolute Gasteiger partial charge is 0.339 e. The van der Waals surface area contributed by atoms with Gasteiger partial charge in [-0.15, -0.1) is 11.3 Å². The number of thiophene rings is 1. The van der Waals surface area contributed by atoms with Gasteiger partial charge in [-0.25, -0.2) is 0 Å². The number of carbonyl (C=O) groups excluding carboxylic acids is 2. The van der Waals surface area contributed by atoms with Gasteiger partial charge >= 0.3 is 0 Å². The molecule has 0 N–H and O–H groups in total. The van der Waals surface area contributed by atoms with Gasteiger partial charge in [-0.3, -0.25) is 9.59 Å². The maximum atomic E-state index is 12.6. The first kappa shape index (κ1) is 19.7. The topological polar surface area (TPSA) is 40.6 Å². The van der Waals surface area contributed by atoms with E-state index in [2.05, 4.69) is 4.90 Å². The van der Waals surface area contributed by atoms with Gasteiger partial charge in [0.2, 0.25) is 11.8 Å². The lowest BCUT2D eigenvalue weighted by atomic mass is 9.82. The van der Waals surface area contributed by atoms with Gasteiger partial charge < -0.3 is 9.80 Å². The highest BCUT2D eigenvalue weighted by Crippen LogP contribution is 2.33. The van der Waals surface area contributed by atoms with Crippen LogP contribution >= 0.6 is 11.3 Å². The van der Waals surface area contributed by atoms with E-state index in [1.165, 1.54) is 38.5 Å². The first-order valence-electron chi connectivity index (χ1n) is 11.0. The highest BCUT2D eigenvalue weighted by atomic mass is 32.1. The minimum Gasteiger partial charge on any atom is -0.339 e. The molecule has 0 unspecified atom stereocenters. The van der Waals surface area contributed by atoms with E-state index in [4.69, 9.17) is 0 Å². The standard InChI is InChI=1S/C23H32N2O2S/c26-22(11-9-20-7-4-16-28-20)24-14-13-21-19(17-24)8-10-23(27)25(21)15-12-18-5-2-1-3-6-18/h4,7,9,11,16,18-19,21H,1-3,5-6,8,10,12-15,17H2/b11-9+/t19-,21+/m0/s1. The SMILES string of the molecule is O=C(/C=C/c1cccs1)N1CC[C@@H]2[C@@H](CCC(=O)N2CCC2CCCCC2)C1. The number of carbonyl (C=O) groups is 2. The molecule has 0 spiro atoms. The van der Waals surface area contributed by atoms with Crippen LogP contribution in [0.5, 0.6) is 0 Å². The molecule has 0 bridgehead atoms. The van der Waals surface area contributed by atoms with E-state index in [9.17, 15) is 9.59 Å². The molecule has 2 aliphatic heterocycles. The molecule has 1 aromatic heterocycles. The van der Waals surface area contributed by atoms with Crippen molar-refractivity contribution < 1.29 is 9.59 Å². The van der Waals surface area contributed by atoms with Gasteiger partial charge in [-0.2, -0.15) is 0 Å². The molecule has 1 aliphatic carbocycles. The number of amides is 2. The van der Waals surface area contributed by atoms with Crippen LogP contribution in [-0.4, -0.2) is 47.3 Å². The first-order chi connectivity index (χ1) is 13.7. The summed E-state index contributed by atoms with van der Waals surface area (Å²) in [5.41, 5.74) is 0. The average molecular weight is 401 g/mol. The molecule has 2 atom stereocenters.